The lowest BCUT2D eigenvalue weighted by molar-refractivity contribution is 0.102. The molecular formula is C25H24N8O3. The van der Waals surface area contributed by atoms with Gasteiger partial charge in [-0.3, -0.25) is 4.79 Å². The molecule has 0 saturated heterocycles. The van der Waals surface area contributed by atoms with Crippen LogP contribution in [0.3, 0.4) is 0 Å². The van der Waals surface area contributed by atoms with Gasteiger partial charge in [0.1, 0.15) is 11.5 Å². The van der Waals surface area contributed by atoms with Crippen LogP contribution < -0.4 is 14.8 Å². The third-order valence-corrected chi connectivity index (χ3v) is 5.87. The number of rotatable bonds is 7. The third-order valence-electron chi connectivity index (χ3n) is 5.87. The van der Waals surface area contributed by atoms with Crippen molar-refractivity contribution in [3.8, 4) is 17.2 Å². The first-order chi connectivity index (χ1) is 17.5. The largest absolute Gasteiger partial charge is 0.497 e. The lowest BCUT2D eigenvalue weighted by atomic mass is 10.1. The molecule has 11 nitrogen and oxygen atoms in total. The summed E-state index contributed by atoms with van der Waals surface area (Å²) in [5.74, 6) is 1.78. The first kappa shape index (κ1) is 23.0. The molecular weight excluding hydrogens is 460 g/mol. The number of aromatic nitrogens is 7. The summed E-state index contributed by atoms with van der Waals surface area (Å²) in [5, 5.41) is 19.8. The number of hydrogen-bond donors (Lipinski definition) is 1. The van der Waals surface area contributed by atoms with E-state index in [0.29, 0.717) is 40.8 Å². The van der Waals surface area contributed by atoms with Gasteiger partial charge in [-0.05, 0) is 60.2 Å². The highest BCUT2D eigenvalue weighted by atomic mass is 16.5. The highest BCUT2D eigenvalue weighted by Gasteiger charge is 2.14. The topological polar surface area (TPSA) is 122 Å². The Morgan fingerprint density at radius 3 is 2.64 bits per heavy atom. The molecule has 0 saturated carbocycles. The average molecular weight is 485 g/mol. The summed E-state index contributed by atoms with van der Waals surface area (Å²) >= 11 is 0. The first-order valence-electron chi connectivity index (χ1n) is 11.2. The molecule has 36 heavy (non-hydrogen) atoms. The molecule has 3 heterocycles. The Balaban J connectivity index is 1.37. The van der Waals surface area contributed by atoms with Gasteiger partial charge in [0.25, 0.3) is 5.91 Å². The van der Waals surface area contributed by atoms with Gasteiger partial charge in [-0.1, -0.05) is 6.07 Å². The van der Waals surface area contributed by atoms with Gasteiger partial charge in [-0.2, -0.15) is 9.78 Å². The third kappa shape index (κ3) is 4.33. The molecule has 0 aliphatic carbocycles. The fourth-order valence-electron chi connectivity index (χ4n) is 3.93. The second-order valence-corrected chi connectivity index (χ2v) is 8.21. The van der Waals surface area contributed by atoms with Gasteiger partial charge in [0, 0.05) is 28.9 Å². The van der Waals surface area contributed by atoms with Crippen LogP contribution in [0.2, 0.25) is 0 Å². The van der Waals surface area contributed by atoms with Gasteiger partial charge in [-0.25, -0.2) is 9.67 Å². The van der Waals surface area contributed by atoms with E-state index in [1.165, 1.54) is 0 Å². The number of fused-ring (bicyclic) bond motifs is 1. The molecule has 11 heteroatoms. The maximum atomic E-state index is 13.0. The van der Waals surface area contributed by atoms with Crippen LogP contribution >= 0.6 is 0 Å². The van der Waals surface area contributed by atoms with Crippen LogP contribution in [0, 0.1) is 13.8 Å². The highest BCUT2D eigenvalue weighted by Crippen LogP contribution is 2.26. The Labute approximate surface area is 206 Å². The van der Waals surface area contributed by atoms with Crippen LogP contribution in [0.15, 0.2) is 54.9 Å². The molecule has 2 aromatic carbocycles. The van der Waals surface area contributed by atoms with Crippen molar-refractivity contribution < 1.29 is 14.3 Å². The summed E-state index contributed by atoms with van der Waals surface area (Å²) in [5.41, 5.74) is 4.41. The normalized spacial score (nSPS) is 11.0. The summed E-state index contributed by atoms with van der Waals surface area (Å²) in [6, 6.07) is 13.0. The molecule has 5 rings (SSSR count). The van der Waals surface area contributed by atoms with Crippen molar-refractivity contribution in [1.29, 1.82) is 0 Å². The number of tetrazole rings is 1. The van der Waals surface area contributed by atoms with E-state index in [2.05, 4.69) is 30.9 Å². The Morgan fingerprint density at radius 2 is 1.89 bits per heavy atom. The standard InChI is InChI=1S/C25H24N8O3/c1-15-5-7-20(10-22(15)33-16(2)29-30-31-33)28-25(34)19-9-18-13-27-32(24(18)26-12-19)14-17-6-8-21(35-3)11-23(17)36-4/h5-13H,14H2,1-4H3,(H,28,34). The summed E-state index contributed by atoms with van der Waals surface area (Å²) in [4.78, 5) is 17.5. The number of anilines is 1. The molecule has 0 fully saturated rings. The minimum absolute atomic E-state index is 0.280. The second kappa shape index (κ2) is 9.45. The average Bonchev–Trinajstić information content (AvgIpc) is 3.50. The zero-order valence-electron chi connectivity index (χ0n) is 20.3. The summed E-state index contributed by atoms with van der Waals surface area (Å²) < 4.78 is 14.2. The molecule has 1 amide bonds. The van der Waals surface area contributed by atoms with E-state index in [-0.39, 0.29) is 5.91 Å². The van der Waals surface area contributed by atoms with E-state index in [9.17, 15) is 4.79 Å². The number of benzene rings is 2. The van der Waals surface area contributed by atoms with E-state index in [1.54, 1.807) is 42.0 Å². The summed E-state index contributed by atoms with van der Waals surface area (Å²) in [6.07, 6.45) is 3.24. The van der Waals surface area contributed by atoms with Gasteiger partial charge in [-0.15, -0.1) is 5.10 Å². The Bertz CT molecular complexity index is 1570. The predicted molar refractivity (Wildman–Crippen MR) is 133 cm³/mol. The first-order valence-corrected chi connectivity index (χ1v) is 11.2. The monoisotopic (exact) mass is 484 g/mol. The van der Waals surface area contributed by atoms with Gasteiger partial charge in [0.15, 0.2) is 11.5 Å². The summed E-state index contributed by atoms with van der Waals surface area (Å²) in [7, 11) is 3.23. The van der Waals surface area contributed by atoms with E-state index in [0.717, 1.165) is 22.2 Å². The number of pyridine rings is 1. The fraction of sp³-hybridized carbons (Fsp3) is 0.200. The number of amides is 1. The van der Waals surface area contributed by atoms with E-state index in [1.807, 2.05) is 50.2 Å². The molecule has 1 N–H and O–H groups in total. The van der Waals surface area contributed by atoms with Crippen LogP contribution in [0.1, 0.15) is 27.3 Å². The van der Waals surface area contributed by atoms with Crippen LogP contribution in [0.4, 0.5) is 5.69 Å². The highest BCUT2D eigenvalue weighted by molar-refractivity contribution is 6.05. The molecule has 0 atom stereocenters. The molecule has 182 valence electrons. The van der Waals surface area contributed by atoms with Crippen molar-refractivity contribution in [3.05, 3.63) is 77.4 Å². The van der Waals surface area contributed by atoms with Gasteiger partial charge in [0.2, 0.25) is 0 Å². The smallest absolute Gasteiger partial charge is 0.257 e. The van der Waals surface area contributed by atoms with Crippen molar-refractivity contribution in [2.75, 3.05) is 19.5 Å². The van der Waals surface area contributed by atoms with Gasteiger partial charge in [0.05, 0.1) is 38.2 Å². The number of carbonyl (C=O) groups excluding carboxylic acids is 1. The number of ether oxygens (including phenoxy) is 2. The molecule has 0 radical (unpaired) electrons. The predicted octanol–water partition coefficient (Wildman–Crippen LogP) is 3.34. The number of aryl methyl sites for hydroxylation is 2. The van der Waals surface area contributed by atoms with Crippen molar-refractivity contribution >= 4 is 22.6 Å². The minimum atomic E-state index is -0.280. The molecule has 0 bridgehead atoms. The minimum Gasteiger partial charge on any atom is -0.497 e. The van der Waals surface area contributed by atoms with Crippen molar-refractivity contribution in [2.45, 2.75) is 20.4 Å². The molecule has 0 spiro atoms. The molecule has 5 aromatic rings. The van der Waals surface area contributed by atoms with E-state index in [4.69, 9.17) is 9.47 Å². The number of nitrogens with one attached hydrogen (secondary N) is 1. The summed E-state index contributed by atoms with van der Waals surface area (Å²) in [6.45, 7) is 4.23. The van der Waals surface area contributed by atoms with E-state index >= 15 is 0 Å². The van der Waals surface area contributed by atoms with Crippen molar-refractivity contribution in [3.63, 3.8) is 0 Å². The van der Waals surface area contributed by atoms with Crippen LogP contribution in [-0.4, -0.2) is 55.1 Å². The number of carbonyl (C=O) groups is 1. The van der Waals surface area contributed by atoms with Crippen LogP contribution in [0.5, 0.6) is 11.5 Å². The van der Waals surface area contributed by atoms with Crippen LogP contribution in [-0.2, 0) is 6.54 Å². The van der Waals surface area contributed by atoms with Gasteiger partial charge >= 0.3 is 0 Å². The van der Waals surface area contributed by atoms with Crippen molar-refractivity contribution in [1.82, 2.24) is 35.0 Å². The number of methoxy groups -OCH3 is 2. The van der Waals surface area contributed by atoms with Crippen molar-refractivity contribution in [2.24, 2.45) is 0 Å². The number of nitrogens with zero attached hydrogens (tertiary/aromatic N) is 7. The van der Waals surface area contributed by atoms with Crippen LogP contribution in [0.25, 0.3) is 16.7 Å². The molecule has 3 aromatic heterocycles. The zero-order valence-corrected chi connectivity index (χ0v) is 20.3. The Hall–Kier alpha value is -4.80. The quantitative estimate of drug-likeness (QED) is 0.373. The molecule has 0 aliphatic heterocycles. The second-order valence-electron chi connectivity index (χ2n) is 8.21. The van der Waals surface area contributed by atoms with E-state index < -0.39 is 0 Å². The molecule has 0 unspecified atom stereocenters. The molecule has 0 aliphatic rings. The SMILES string of the molecule is COc1ccc(Cn2ncc3cc(C(=O)Nc4ccc(C)c(-n5nnnc5C)c4)cnc32)c(OC)c1. The Morgan fingerprint density at radius 1 is 1.03 bits per heavy atom. The number of hydrogen-bond acceptors (Lipinski definition) is 8. The fourth-order valence-corrected chi connectivity index (χ4v) is 3.93. The van der Waals surface area contributed by atoms with Gasteiger partial charge < -0.3 is 14.8 Å². The lowest BCUT2D eigenvalue weighted by Crippen LogP contribution is -2.13. The zero-order chi connectivity index (χ0) is 25.2. The maximum absolute atomic E-state index is 13.0. The lowest BCUT2D eigenvalue weighted by Gasteiger charge is -2.11. The maximum Gasteiger partial charge on any atom is 0.257 e. The Kier molecular flexibility index (Phi) is 6.03.